The van der Waals surface area contributed by atoms with Crippen molar-refractivity contribution in [3.8, 4) is 17.1 Å². The quantitative estimate of drug-likeness (QED) is 0.758. The molecule has 0 spiro atoms. The van der Waals surface area contributed by atoms with Crippen LogP contribution in [-0.4, -0.2) is 47.2 Å². The van der Waals surface area contributed by atoms with Gasteiger partial charge in [0.15, 0.2) is 5.82 Å². The molecular weight excluding hydrogens is 349 g/mol. The number of aromatic nitrogens is 3. The predicted octanol–water partition coefficient (Wildman–Crippen LogP) is 1.70. The Balaban J connectivity index is 1.73. The van der Waals surface area contributed by atoms with E-state index in [2.05, 4.69) is 27.1 Å². The van der Waals surface area contributed by atoms with E-state index in [0.717, 1.165) is 25.3 Å². The fourth-order valence-corrected chi connectivity index (χ4v) is 3.31. The summed E-state index contributed by atoms with van der Waals surface area (Å²) in [7, 11) is 1.35. The van der Waals surface area contributed by atoms with Gasteiger partial charge in [0.25, 0.3) is 5.56 Å². The summed E-state index contributed by atoms with van der Waals surface area (Å²) < 4.78 is 20.3. The van der Waals surface area contributed by atoms with E-state index < -0.39 is 5.82 Å². The Bertz CT molecular complexity index is 1050. The molecule has 8 heteroatoms. The Morgan fingerprint density at radius 1 is 1.33 bits per heavy atom. The van der Waals surface area contributed by atoms with Crippen molar-refractivity contribution in [2.45, 2.75) is 13.0 Å². The first-order valence-corrected chi connectivity index (χ1v) is 8.77. The number of methoxy groups -OCH3 is 1. The molecule has 0 saturated carbocycles. The van der Waals surface area contributed by atoms with Crippen LogP contribution < -0.4 is 20.5 Å². The van der Waals surface area contributed by atoms with Gasteiger partial charge in [-0.2, -0.15) is 0 Å². The molecule has 1 saturated heterocycles. The van der Waals surface area contributed by atoms with Gasteiger partial charge in [0, 0.05) is 49.7 Å². The molecule has 0 radical (unpaired) electrons. The summed E-state index contributed by atoms with van der Waals surface area (Å²) in [5, 5.41) is 3.40. The van der Waals surface area contributed by atoms with E-state index in [4.69, 9.17) is 4.74 Å². The van der Waals surface area contributed by atoms with Crippen molar-refractivity contribution in [3.05, 3.63) is 52.8 Å². The van der Waals surface area contributed by atoms with Crippen molar-refractivity contribution in [1.82, 2.24) is 19.7 Å². The highest BCUT2D eigenvalue weighted by Gasteiger charge is 2.17. The molecule has 27 heavy (non-hydrogen) atoms. The molecule has 0 bridgehead atoms. The number of pyridine rings is 2. The molecule has 0 amide bonds. The lowest BCUT2D eigenvalue weighted by atomic mass is 10.2. The van der Waals surface area contributed by atoms with Crippen molar-refractivity contribution in [3.63, 3.8) is 0 Å². The lowest BCUT2D eigenvalue weighted by Crippen LogP contribution is -2.49. The third kappa shape index (κ3) is 3.35. The van der Waals surface area contributed by atoms with E-state index >= 15 is 0 Å². The lowest BCUT2D eigenvalue weighted by Gasteiger charge is -2.33. The molecule has 7 nitrogen and oxygen atoms in total. The van der Waals surface area contributed by atoms with Crippen LogP contribution in [0.4, 0.5) is 10.1 Å². The van der Waals surface area contributed by atoms with E-state index in [1.54, 1.807) is 12.3 Å². The number of hydrogen-bond acceptors (Lipinski definition) is 6. The first-order chi connectivity index (χ1) is 13.0. The fraction of sp³-hybridized carbons (Fsp3) is 0.316. The maximum absolute atomic E-state index is 13.9. The zero-order valence-electron chi connectivity index (χ0n) is 15.1. The third-order valence-electron chi connectivity index (χ3n) is 4.67. The topological polar surface area (TPSA) is 71.8 Å². The smallest absolute Gasteiger partial charge is 0.258 e. The van der Waals surface area contributed by atoms with Crippen LogP contribution >= 0.6 is 0 Å². The summed E-state index contributed by atoms with van der Waals surface area (Å²) in [5.74, 6) is -0.689. The second-order valence-electron chi connectivity index (χ2n) is 6.61. The van der Waals surface area contributed by atoms with Gasteiger partial charge in [-0.1, -0.05) is 0 Å². The molecular formula is C19H20FN5O2. The number of piperazine rings is 1. The first-order valence-electron chi connectivity index (χ1n) is 8.77. The maximum atomic E-state index is 13.9. The van der Waals surface area contributed by atoms with E-state index in [-0.39, 0.29) is 11.4 Å². The van der Waals surface area contributed by atoms with Crippen LogP contribution in [0.2, 0.25) is 0 Å². The number of anilines is 1. The van der Waals surface area contributed by atoms with Crippen molar-refractivity contribution < 1.29 is 9.13 Å². The Morgan fingerprint density at radius 2 is 2.19 bits per heavy atom. The molecule has 1 aliphatic heterocycles. The molecule has 3 aromatic rings. The summed E-state index contributed by atoms with van der Waals surface area (Å²) in [6.45, 7) is 4.80. The van der Waals surface area contributed by atoms with Gasteiger partial charge in [-0.15, -0.1) is 0 Å². The minimum absolute atomic E-state index is 0.0915. The molecule has 4 heterocycles. The number of nitrogens with one attached hydrogen (secondary N) is 1. The van der Waals surface area contributed by atoms with E-state index in [0.29, 0.717) is 22.9 Å². The normalized spacial score (nSPS) is 17.3. The van der Waals surface area contributed by atoms with Gasteiger partial charge in [-0.05, 0) is 25.1 Å². The van der Waals surface area contributed by atoms with Crippen molar-refractivity contribution in [2.24, 2.45) is 0 Å². The monoisotopic (exact) mass is 369 g/mol. The average molecular weight is 369 g/mol. The Kier molecular flexibility index (Phi) is 4.49. The van der Waals surface area contributed by atoms with Gasteiger partial charge in [0.05, 0.1) is 18.5 Å². The van der Waals surface area contributed by atoms with Crippen LogP contribution in [0.3, 0.4) is 0 Å². The molecule has 1 unspecified atom stereocenters. The van der Waals surface area contributed by atoms with Gasteiger partial charge in [-0.3, -0.25) is 9.20 Å². The number of nitrogens with zero attached hydrogens (tertiary/aromatic N) is 4. The average Bonchev–Trinajstić information content (AvgIpc) is 2.67. The highest BCUT2D eigenvalue weighted by Crippen LogP contribution is 2.22. The van der Waals surface area contributed by atoms with Crippen LogP contribution in [-0.2, 0) is 0 Å². The second-order valence-corrected chi connectivity index (χ2v) is 6.61. The van der Waals surface area contributed by atoms with Crippen molar-refractivity contribution in [1.29, 1.82) is 0 Å². The molecule has 1 aliphatic rings. The van der Waals surface area contributed by atoms with Crippen LogP contribution in [0, 0.1) is 5.82 Å². The SMILES string of the molecule is COc1ncc(-c2cc(=O)n3cc(N4CCNC(C)C4)ccc3n2)cc1F. The number of ether oxygens (including phenoxy) is 1. The largest absolute Gasteiger partial charge is 0.479 e. The zero-order valence-corrected chi connectivity index (χ0v) is 15.1. The number of hydrogen-bond donors (Lipinski definition) is 1. The molecule has 4 rings (SSSR count). The number of fused-ring (bicyclic) bond motifs is 1. The molecule has 1 N–H and O–H groups in total. The third-order valence-corrected chi connectivity index (χ3v) is 4.67. The Labute approximate surface area is 155 Å². The van der Waals surface area contributed by atoms with Gasteiger partial charge in [0.1, 0.15) is 5.65 Å². The molecule has 0 aromatic carbocycles. The Hall–Kier alpha value is -3.00. The highest BCUT2D eigenvalue weighted by atomic mass is 19.1. The van der Waals surface area contributed by atoms with E-state index in [1.807, 2.05) is 6.07 Å². The molecule has 3 aromatic heterocycles. The van der Waals surface area contributed by atoms with Crippen LogP contribution in [0.1, 0.15) is 6.92 Å². The standard InChI is InChI=1S/C19H20FN5O2/c1-12-10-24(6-5-21-12)14-3-4-17-23-16(8-18(26)25(17)11-14)13-7-15(20)19(27-2)22-9-13/h3-4,7-9,11-12,21H,5-6,10H2,1-2H3. The van der Waals surface area contributed by atoms with Gasteiger partial charge < -0.3 is 15.0 Å². The summed E-state index contributed by atoms with van der Waals surface area (Å²) in [4.78, 5) is 23.3. The molecule has 140 valence electrons. The minimum Gasteiger partial charge on any atom is -0.479 e. The van der Waals surface area contributed by atoms with Gasteiger partial charge in [0.2, 0.25) is 5.88 Å². The molecule has 1 atom stereocenters. The van der Waals surface area contributed by atoms with Crippen molar-refractivity contribution in [2.75, 3.05) is 31.6 Å². The summed E-state index contributed by atoms with van der Waals surface area (Å²) in [6, 6.07) is 6.81. The van der Waals surface area contributed by atoms with Gasteiger partial charge in [-0.25, -0.2) is 14.4 Å². The fourth-order valence-electron chi connectivity index (χ4n) is 3.31. The minimum atomic E-state index is -0.597. The van der Waals surface area contributed by atoms with E-state index in [9.17, 15) is 9.18 Å². The van der Waals surface area contributed by atoms with Crippen molar-refractivity contribution >= 4 is 11.3 Å². The van der Waals surface area contributed by atoms with Crippen LogP contribution in [0.25, 0.3) is 16.9 Å². The van der Waals surface area contributed by atoms with Crippen LogP contribution in [0.5, 0.6) is 5.88 Å². The van der Waals surface area contributed by atoms with Gasteiger partial charge >= 0.3 is 0 Å². The number of halogens is 1. The highest BCUT2D eigenvalue weighted by molar-refractivity contribution is 5.62. The molecule has 0 aliphatic carbocycles. The first kappa shape index (κ1) is 17.4. The maximum Gasteiger partial charge on any atom is 0.258 e. The molecule has 1 fully saturated rings. The second kappa shape index (κ2) is 6.96. The summed E-state index contributed by atoms with van der Waals surface area (Å²) in [6.07, 6.45) is 3.25. The Morgan fingerprint density at radius 3 is 2.93 bits per heavy atom. The van der Waals surface area contributed by atoms with Crippen LogP contribution in [0.15, 0.2) is 41.5 Å². The summed E-state index contributed by atoms with van der Waals surface area (Å²) in [5.41, 5.74) is 2.05. The predicted molar refractivity (Wildman–Crippen MR) is 101 cm³/mol. The lowest BCUT2D eigenvalue weighted by molar-refractivity contribution is 0.369. The summed E-state index contributed by atoms with van der Waals surface area (Å²) >= 11 is 0. The number of rotatable bonds is 3. The van der Waals surface area contributed by atoms with E-state index in [1.165, 1.54) is 29.8 Å². The zero-order chi connectivity index (χ0) is 19.0.